The lowest BCUT2D eigenvalue weighted by atomic mass is 9.87. The van der Waals surface area contributed by atoms with Crippen LogP contribution in [0.4, 0.5) is 35.5 Å². The molecule has 0 radical (unpaired) electrons. The van der Waals surface area contributed by atoms with Crippen LogP contribution in [0.25, 0.3) is 0 Å². The molecule has 2 aromatic carbocycles. The van der Waals surface area contributed by atoms with E-state index in [9.17, 15) is 35.5 Å². The molecule has 0 saturated carbocycles. The van der Waals surface area contributed by atoms with Crippen molar-refractivity contribution in [3.05, 3.63) is 70.5 Å². The first-order valence-corrected chi connectivity index (χ1v) is 12.7. The fraction of sp³-hybridized carbons (Fsp3) is 0.536. The second kappa shape index (κ2) is 11.7. The van der Waals surface area contributed by atoms with Crippen LogP contribution in [-0.4, -0.2) is 34.7 Å². The maximum absolute atomic E-state index is 13.9. The largest absolute Gasteiger partial charge is 0.444 e. The summed E-state index contributed by atoms with van der Waals surface area (Å²) in [6.45, 7) is 6.88. The van der Waals surface area contributed by atoms with E-state index in [1.807, 2.05) is 6.92 Å². The molecule has 3 atom stereocenters. The number of carbonyl (C=O) groups excluding carboxylic acids is 1. The summed E-state index contributed by atoms with van der Waals surface area (Å²) in [5.41, 5.74) is -3.00. The summed E-state index contributed by atoms with van der Waals surface area (Å²) in [6, 6.07) is 6.41. The van der Waals surface area contributed by atoms with Crippen LogP contribution >= 0.6 is 0 Å². The highest BCUT2D eigenvalue weighted by Crippen LogP contribution is 2.37. The molecule has 0 unspecified atom stereocenters. The molecular formula is C28H33F7N2O2. The van der Waals surface area contributed by atoms with E-state index in [1.54, 1.807) is 37.8 Å². The van der Waals surface area contributed by atoms with Crippen molar-refractivity contribution in [2.75, 3.05) is 0 Å². The van der Waals surface area contributed by atoms with Crippen LogP contribution in [0.15, 0.2) is 42.5 Å². The van der Waals surface area contributed by atoms with E-state index < -0.39 is 47.0 Å². The third-order valence-corrected chi connectivity index (χ3v) is 6.58. The lowest BCUT2D eigenvalue weighted by molar-refractivity contribution is -0.143. The first kappa shape index (κ1) is 30.7. The van der Waals surface area contributed by atoms with E-state index in [-0.39, 0.29) is 30.3 Å². The number of hydrogen-bond acceptors (Lipinski definition) is 3. The summed E-state index contributed by atoms with van der Waals surface area (Å²) in [5.74, 6) is -0.432. The van der Waals surface area contributed by atoms with Gasteiger partial charge in [-0.2, -0.15) is 26.3 Å². The van der Waals surface area contributed by atoms with Crippen LogP contribution in [-0.2, 0) is 30.1 Å². The molecule has 0 aliphatic carbocycles. The Morgan fingerprint density at radius 1 is 0.923 bits per heavy atom. The molecule has 0 aromatic heterocycles. The van der Waals surface area contributed by atoms with E-state index in [0.29, 0.717) is 43.4 Å². The molecular weight excluding hydrogens is 529 g/mol. The number of piperidine rings is 1. The van der Waals surface area contributed by atoms with Gasteiger partial charge in [-0.25, -0.2) is 9.18 Å². The van der Waals surface area contributed by atoms with Crippen molar-refractivity contribution in [1.82, 2.24) is 10.2 Å². The van der Waals surface area contributed by atoms with Crippen LogP contribution in [0.1, 0.15) is 69.2 Å². The number of likely N-dealkylation sites (tertiary alicyclic amines) is 1. The molecule has 1 N–H and O–H groups in total. The highest BCUT2D eigenvalue weighted by molar-refractivity contribution is 5.69. The van der Waals surface area contributed by atoms with Crippen molar-refractivity contribution >= 4 is 6.09 Å². The van der Waals surface area contributed by atoms with Crippen LogP contribution in [0.3, 0.4) is 0 Å². The summed E-state index contributed by atoms with van der Waals surface area (Å²) >= 11 is 0. The lowest BCUT2D eigenvalue weighted by Crippen LogP contribution is -2.57. The minimum absolute atomic E-state index is 0.102. The van der Waals surface area contributed by atoms with Gasteiger partial charge < -0.3 is 15.0 Å². The van der Waals surface area contributed by atoms with Crippen molar-refractivity contribution in [3.8, 4) is 0 Å². The first-order valence-electron chi connectivity index (χ1n) is 12.7. The van der Waals surface area contributed by atoms with Gasteiger partial charge in [0.25, 0.3) is 0 Å². The van der Waals surface area contributed by atoms with Gasteiger partial charge >= 0.3 is 18.4 Å². The van der Waals surface area contributed by atoms with Crippen molar-refractivity contribution in [2.45, 2.75) is 96.0 Å². The Labute approximate surface area is 223 Å². The topological polar surface area (TPSA) is 41.6 Å². The molecule has 1 amide bonds. The number of benzene rings is 2. The maximum atomic E-state index is 13.9. The van der Waals surface area contributed by atoms with Gasteiger partial charge in [-0.3, -0.25) is 0 Å². The van der Waals surface area contributed by atoms with Gasteiger partial charge in [0, 0.05) is 24.7 Å². The molecule has 216 valence electrons. The predicted molar refractivity (Wildman–Crippen MR) is 132 cm³/mol. The number of ether oxygens (including phenoxy) is 1. The number of alkyl halides is 6. The van der Waals surface area contributed by atoms with Gasteiger partial charge in [-0.1, -0.05) is 19.1 Å². The summed E-state index contributed by atoms with van der Waals surface area (Å²) in [4.78, 5) is 14.8. The average Bonchev–Trinajstić information content (AvgIpc) is 2.80. The van der Waals surface area contributed by atoms with Crippen molar-refractivity contribution in [3.63, 3.8) is 0 Å². The lowest BCUT2D eigenvalue weighted by Gasteiger charge is -2.45. The Balaban J connectivity index is 1.86. The van der Waals surface area contributed by atoms with Crippen molar-refractivity contribution in [2.24, 2.45) is 0 Å². The van der Waals surface area contributed by atoms with Gasteiger partial charge in [0.15, 0.2) is 0 Å². The van der Waals surface area contributed by atoms with E-state index in [4.69, 9.17) is 4.74 Å². The Hall–Kier alpha value is -2.82. The summed E-state index contributed by atoms with van der Waals surface area (Å²) in [6.07, 6.45) is -8.79. The average molecular weight is 563 g/mol. The second-order valence-corrected chi connectivity index (χ2v) is 10.9. The number of nitrogens with zero attached hydrogens (tertiary/aromatic N) is 1. The standard InChI is InChI=1S/C28H33F7N2O2/c1-5-23-14-22(36-16-18-9-19(27(30,31)32)13-20(10-18)28(33,34)35)15-24(12-17-7-6-8-21(29)11-17)37(23)25(38)39-26(2,3)4/h6-11,13,22-24,36H,5,12,14-16H2,1-4H3/t22-,23+,24-/m0/s1. The first-order chi connectivity index (χ1) is 18.0. The van der Waals surface area contributed by atoms with E-state index in [1.165, 1.54) is 12.1 Å². The monoisotopic (exact) mass is 562 g/mol. The fourth-order valence-electron chi connectivity index (χ4n) is 4.92. The minimum atomic E-state index is -4.93. The van der Waals surface area contributed by atoms with E-state index >= 15 is 0 Å². The van der Waals surface area contributed by atoms with Crippen molar-refractivity contribution in [1.29, 1.82) is 0 Å². The molecule has 1 saturated heterocycles. The Morgan fingerprint density at radius 3 is 2.03 bits per heavy atom. The Morgan fingerprint density at radius 2 is 1.51 bits per heavy atom. The highest BCUT2D eigenvalue weighted by Gasteiger charge is 2.40. The van der Waals surface area contributed by atoms with Gasteiger partial charge in [0.1, 0.15) is 11.4 Å². The number of nitrogens with one attached hydrogen (secondary N) is 1. The molecule has 11 heteroatoms. The third kappa shape index (κ3) is 8.58. The Bertz CT molecular complexity index is 1110. The zero-order valence-corrected chi connectivity index (χ0v) is 22.2. The van der Waals surface area contributed by atoms with E-state index in [0.717, 1.165) is 0 Å². The number of amides is 1. The molecule has 1 fully saturated rings. The molecule has 4 nitrogen and oxygen atoms in total. The molecule has 2 aromatic rings. The summed E-state index contributed by atoms with van der Waals surface area (Å²) < 4.78 is 99.2. The SMILES string of the molecule is CC[C@@H]1C[C@H](NCc2cc(C(F)(F)F)cc(C(F)(F)F)c2)C[C@H](Cc2cccc(F)c2)N1C(=O)OC(C)(C)C. The molecule has 39 heavy (non-hydrogen) atoms. The minimum Gasteiger partial charge on any atom is -0.444 e. The molecule has 1 aliphatic rings. The quantitative estimate of drug-likeness (QED) is 0.366. The molecule has 0 bridgehead atoms. The van der Waals surface area contributed by atoms with Crippen LogP contribution < -0.4 is 5.32 Å². The molecule has 1 aliphatic heterocycles. The van der Waals surface area contributed by atoms with Gasteiger partial charge in [0.05, 0.1) is 11.1 Å². The number of halogens is 7. The number of rotatable bonds is 6. The van der Waals surface area contributed by atoms with Crippen LogP contribution in [0.2, 0.25) is 0 Å². The maximum Gasteiger partial charge on any atom is 0.416 e. The Kier molecular flexibility index (Phi) is 9.24. The molecule has 3 rings (SSSR count). The second-order valence-electron chi connectivity index (χ2n) is 10.9. The zero-order valence-electron chi connectivity index (χ0n) is 22.2. The molecule has 0 spiro atoms. The zero-order chi connectivity index (χ0) is 29.2. The smallest absolute Gasteiger partial charge is 0.416 e. The summed E-state index contributed by atoms with van der Waals surface area (Å²) in [7, 11) is 0. The van der Waals surface area contributed by atoms with Gasteiger partial charge in [-0.15, -0.1) is 0 Å². The highest BCUT2D eigenvalue weighted by atomic mass is 19.4. The fourth-order valence-corrected chi connectivity index (χ4v) is 4.92. The van der Waals surface area contributed by atoms with E-state index in [2.05, 4.69) is 5.32 Å². The van der Waals surface area contributed by atoms with Gasteiger partial charge in [0.2, 0.25) is 0 Å². The van der Waals surface area contributed by atoms with Crippen LogP contribution in [0, 0.1) is 5.82 Å². The normalized spacial score (nSPS) is 20.7. The van der Waals surface area contributed by atoms with Crippen LogP contribution in [0.5, 0.6) is 0 Å². The summed E-state index contributed by atoms with van der Waals surface area (Å²) in [5, 5.41) is 3.11. The number of carbonyl (C=O) groups is 1. The predicted octanol–water partition coefficient (Wildman–Crippen LogP) is 7.74. The number of hydrogen-bond donors (Lipinski definition) is 1. The molecule has 1 heterocycles. The van der Waals surface area contributed by atoms with Gasteiger partial charge in [-0.05, 0) is 87.9 Å². The van der Waals surface area contributed by atoms with Crippen molar-refractivity contribution < 1.29 is 40.3 Å². The third-order valence-electron chi connectivity index (χ3n) is 6.58.